The third kappa shape index (κ3) is 7.65. The summed E-state index contributed by atoms with van der Waals surface area (Å²) in [5.41, 5.74) is 2.42. The van der Waals surface area contributed by atoms with Gasteiger partial charge < -0.3 is 19.6 Å². The first-order valence-corrected chi connectivity index (χ1v) is 17.4. The lowest BCUT2D eigenvalue weighted by Gasteiger charge is -2.41. The van der Waals surface area contributed by atoms with E-state index in [2.05, 4.69) is 29.2 Å². The first-order chi connectivity index (χ1) is 23.6. The Morgan fingerprint density at radius 3 is 2.20 bits per heavy atom. The number of hydrogen-bond acceptors (Lipinski definition) is 5. The van der Waals surface area contributed by atoms with Gasteiger partial charge in [-0.25, -0.2) is 4.39 Å². The molecule has 1 aliphatic heterocycles. The number of likely N-dealkylation sites (N-methyl/N-ethyl adjacent to an activating group) is 1. The van der Waals surface area contributed by atoms with Crippen molar-refractivity contribution in [1.82, 2.24) is 9.80 Å². The molecule has 2 aliphatic rings. The molecular weight excluding hydrogens is 617 g/mol. The van der Waals surface area contributed by atoms with Crippen LogP contribution < -0.4 is 9.64 Å². The highest BCUT2D eigenvalue weighted by Crippen LogP contribution is 2.41. The summed E-state index contributed by atoms with van der Waals surface area (Å²) in [6, 6.07) is 30.3. The van der Waals surface area contributed by atoms with Crippen LogP contribution in [0, 0.1) is 5.82 Å². The van der Waals surface area contributed by atoms with Crippen LogP contribution in [0.25, 0.3) is 0 Å². The number of carbonyl (C=O) groups excluding carboxylic acids is 2. The van der Waals surface area contributed by atoms with Crippen LogP contribution in [0.1, 0.15) is 79.4 Å². The molecule has 8 heteroatoms. The monoisotopic (exact) mass is 663 g/mol. The average Bonchev–Trinajstić information content (AvgIpc) is 3.09. The Balaban J connectivity index is 1.30. The Morgan fingerprint density at radius 2 is 1.57 bits per heavy atom. The van der Waals surface area contributed by atoms with Crippen LogP contribution in [-0.4, -0.2) is 58.0 Å². The first-order valence-electron chi connectivity index (χ1n) is 17.4. The number of rotatable bonds is 11. The van der Waals surface area contributed by atoms with Gasteiger partial charge in [0.1, 0.15) is 17.3 Å². The van der Waals surface area contributed by atoms with Gasteiger partial charge in [0.05, 0.1) is 11.3 Å². The zero-order chi connectivity index (χ0) is 34.5. The summed E-state index contributed by atoms with van der Waals surface area (Å²) >= 11 is 0. The lowest BCUT2D eigenvalue weighted by atomic mass is 9.79. The standard InChI is InChI=1S/C41H46FN3O4/c1-4-44(36-21-12-11-20-33(36)31-18-13-19-32(46)24-31)39(47)34-25-37-38(26-35(34)42)49-41(2,3)40(48)45(37)23-22-43(27-29-14-7-5-8-15-29)28-30-16-9-6-10-17-30/h5-10,13-19,24-26,33,36,46H,4,11-12,20-23,27-28H2,1-3H3/t33-,36?/m1/s1. The summed E-state index contributed by atoms with van der Waals surface area (Å²) in [5.74, 6) is -0.870. The quantitative estimate of drug-likeness (QED) is 0.177. The summed E-state index contributed by atoms with van der Waals surface area (Å²) in [6.07, 6.45) is 3.64. The molecule has 1 saturated carbocycles. The molecule has 1 fully saturated rings. The topological polar surface area (TPSA) is 73.3 Å². The van der Waals surface area contributed by atoms with Gasteiger partial charge in [-0.2, -0.15) is 0 Å². The fourth-order valence-electron chi connectivity index (χ4n) is 7.43. The number of anilines is 1. The molecule has 2 atom stereocenters. The highest BCUT2D eigenvalue weighted by Gasteiger charge is 2.42. The van der Waals surface area contributed by atoms with E-state index < -0.39 is 17.3 Å². The van der Waals surface area contributed by atoms with Crippen molar-refractivity contribution >= 4 is 17.5 Å². The number of carbonyl (C=O) groups is 2. The number of halogens is 1. The molecule has 0 radical (unpaired) electrons. The third-order valence-electron chi connectivity index (χ3n) is 9.86. The molecular formula is C41H46FN3O4. The Labute approximate surface area is 288 Å². The minimum Gasteiger partial charge on any atom is -0.508 e. The van der Waals surface area contributed by atoms with Crippen molar-refractivity contribution in [2.24, 2.45) is 0 Å². The molecule has 1 aliphatic carbocycles. The average molecular weight is 664 g/mol. The number of nitrogens with zero attached hydrogens (tertiary/aromatic N) is 3. The number of benzene rings is 4. The second kappa shape index (κ2) is 14.8. The Kier molecular flexibility index (Phi) is 10.3. The molecule has 2 amide bonds. The molecule has 0 saturated heterocycles. The summed E-state index contributed by atoms with van der Waals surface area (Å²) in [5, 5.41) is 10.2. The first kappa shape index (κ1) is 34.2. The van der Waals surface area contributed by atoms with Crippen molar-refractivity contribution in [3.05, 3.63) is 125 Å². The molecule has 1 unspecified atom stereocenters. The fourth-order valence-corrected chi connectivity index (χ4v) is 7.43. The molecule has 256 valence electrons. The summed E-state index contributed by atoms with van der Waals surface area (Å²) < 4.78 is 22.0. The van der Waals surface area contributed by atoms with Crippen molar-refractivity contribution in [3.63, 3.8) is 0 Å². The predicted molar refractivity (Wildman–Crippen MR) is 190 cm³/mol. The van der Waals surface area contributed by atoms with E-state index in [1.807, 2.05) is 55.5 Å². The van der Waals surface area contributed by atoms with Gasteiger partial charge in [-0.15, -0.1) is 0 Å². The SMILES string of the molecule is CCN(C(=O)c1cc2c(cc1F)OC(C)(C)C(=O)N2CCN(Cc1ccccc1)Cc1ccccc1)C1CCCC[C@@H]1c1cccc(O)c1. The molecule has 1 N–H and O–H groups in total. The lowest BCUT2D eigenvalue weighted by molar-refractivity contribution is -0.132. The van der Waals surface area contributed by atoms with Crippen molar-refractivity contribution < 1.29 is 23.8 Å². The normalized spacial score (nSPS) is 18.6. The van der Waals surface area contributed by atoms with E-state index in [0.717, 1.165) is 42.4 Å². The van der Waals surface area contributed by atoms with Crippen molar-refractivity contribution in [3.8, 4) is 11.5 Å². The Bertz CT molecular complexity index is 1720. The maximum atomic E-state index is 16.0. The lowest BCUT2D eigenvalue weighted by Crippen LogP contribution is -2.54. The number of phenolic OH excluding ortho intramolecular Hbond substituents is 1. The van der Waals surface area contributed by atoms with Crippen LogP contribution >= 0.6 is 0 Å². The van der Waals surface area contributed by atoms with Crippen LogP contribution in [0.5, 0.6) is 11.5 Å². The number of hydrogen-bond donors (Lipinski definition) is 1. The highest BCUT2D eigenvalue weighted by molar-refractivity contribution is 6.04. The smallest absolute Gasteiger partial charge is 0.270 e. The molecule has 4 aromatic carbocycles. The van der Waals surface area contributed by atoms with Crippen LogP contribution in [0.4, 0.5) is 10.1 Å². The second-order valence-electron chi connectivity index (χ2n) is 13.7. The maximum absolute atomic E-state index is 16.0. The van der Waals surface area contributed by atoms with Gasteiger partial charge in [0.25, 0.3) is 11.8 Å². The van der Waals surface area contributed by atoms with Gasteiger partial charge >= 0.3 is 0 Å². The molecule has 1 heterocycles. The molecule has 4 aromatic rings. The minimum atomic E-state index is -1.21. The number of ether oxygens (including phenoxy) is 1. The molecule has 0 aromatic heterocycles. The zero-order valence-corrected chi connectivity index (χ0v) is 28.6. The fraction of sp³-hybridized carbons (Fsp3) is 0.366. The van der Waals surface area contributed by atoms with E-state index >= 15 is 4.39 Å². The largest absolute Gasteiger partial charge is 0.508 e. The zero-order valence-electron chi connectivity index (χ0n) is 28.6. The van der Waals surface area contributed by atoms with Gasteiger partial charge in [0.15, 0.2) is 5.60 Å². The van der Waals surface area contributed by atoms with Crippen LogP contribution in [0.3, 0.4) is 0 Å². The number of amides is 2. The summed E-state index contributed by atoms with van der Waals surface area (Å²) in [7, 11) is 0. The van der Waals surface area contributed by atoms with E-state index in [9.17, 15) is 14.7 Å². The van der Waals surface area contributed by atoms with Crippen LogP contribution in [-0.2, 0) is 17.9 Å². The Hall–Kier alpha value is -4.69. The van der Waals surface area contributed by atoms with Crippen LogP contribution in [0.2, 0.25) is 0 Å². The highest BCUT2D eigenvalue weighted by atomic mass is 19.1. The van der Waals surface area contributed by atoms with E-state index in [-0.39, 0.29) is 34.9 Å². The molecule has 0 spiro atoms. The molecule has 7 nitrogen and oxygen atoms in total. The van der Waals surface area contributed by atoms with Crippen molar-refractivity contribution in [2.75, 3.05) is 24.5 Å². The van der Waals surface area contributed by atoms with E-state index in [1.54, 1.807) is 35.8 Å². The van der Waals surface area contributed by atoms with Crippen molar-refractivity contribution in [1.29, 1.82) is 0 Å². The van der Waals surface area contributed by atoms with Gasteiger partial charge in [-0.1, -0.05) is 85.6 Å². The van der Waals surface area contributed by atoms with Gasteiger partial charge in [-0.05, 0) is 68.5 Å². The molecule has 6 rings (SSSR count). The Morgan fingerprint density at radius 1 is 0.918 bits per heavy atom. The maximum Gasteiger partial charge on any atom is 0.270 e. The second-order valence-corrected chi connectivity index (χ2v) is 13.7. The minimum absolute atomic E-state index is 0.0212. The van der Waals surface area contributed by atoms with Crippen molar-refractivity contribution in [2.45, 2.75) is 77.1 Å². The third-order valence-corrected chi connectivity index (χ3v) is 9.86. The summed E-state index contributed by atoms with van der Waals surface area (Å²) in [4.78, 5) is 34.0. The number of phenols is 1. The summed E-state index contributed by atoms with van der Waals surface area (Å²) in [6.45, 7) is 7.94. The van der Waals surface area contributed by atoms with Gasteiger partial charge in [-0.3, -0.25) is 14.5 Å². The number of fused-ring (bicyclic) bond motifs is 1. The number of aromatic hydroxyl groups is 1. The van der Waals surface area contributed by atoms with E-state index in [4.69, 9.17) is 4.74 Å². The van der Waals surface area contributed by atoms with Gasteiger partial charge in [0.2, 0.25) is 0 Å². The predicted octanol–water partition coefficient (Wildman–Crippen LogP) is 7.93. The molecule has 0 bridgehead atoms. The van der Waals surface area contributed by atoms with E-state index in [0.29, 0.717) is 38.4 Å². The van der Waals surface area contributed by atoms with Gasteiger partial charge in [0, 0.05) is 50.7 Å². The van der Waals surface area contributed by atoms with E-state index in [1.165, 1.54) is 12.1 Å². The molecule has 49 heavy (non-hydrogen) atoms. The van der Waals surface area contributed by atoms with Crippen LogP contribution in [0.15, 0.2) is 97.1 Å².